The molecule has 2 heterocycles. The first-order chi connectivity index (χ1) is 23.5. The average Bonchev–Trinajstić information content (AvgIpc) is 3.44. The molecule has 0 aliphatic rings. The molecule has 0 saturated carbocycles. The third-order valence-corrected chi connectivity index (χ3v) is 7.44. The summed E-state index contributed by atoms with van der Waals surface area (Å²) in [6.45, 7) is 0. The van der Waals surface area contributed by atoms with Gasteiger partial charge in [-0.05, 0) is 55.4 Å². The van der Waals surface area contributed by atoms with Crippen LogP contribution >= 0.6 is 0 Å². The van der Waals surface area contributed by atoms with E-state index in [9.17, 15) is 53.0 Å². The van der Waals surface area contributed by atoms with Crippen LogP contribution in [0.25, 0.3) is 11.0 Å². The molecule has 3 atom stereocenters. The number of carbonyl (C=O) groups is 7. The van der Waals surface area contributed by atoms with E-state index in [0.717, 1.165) is 12.1 Å². The number of nitrogen functional groups attached to an aromatic ring is 1. The minimum atomic E-state index is -1.68. The number of carboxylic acid groups (broad SMARTS) is 4. The van der Waals surface area contributed by atoms with Gasteiger partial charge in [-0.1, -0.05) is 6.07 Å². The zero-order chi connectivity index (χ0) is 37.1. The van der Waals surface area contributed by atoms with Gasteiger partial charge in [0, 0.05) is 25.5 Å². The molecule has 0 spiro atoms. The second-order valence-corrected chi connectivity index (χ2v) is 11.1. The maximum atomic E-state index is 14.9. The Morgan fingerprint density at radius 1 is 0.800 bits per heavy atom. The molecule has 2 aromatic heterocycles. The van der Waals surface area contributed by atoms with Gasteiger partial charge in [-0.15, -0.1) is 0 Å². The van der Waals surface area contributed by atoms with Gasteiger partial charge in [0.1, 0.15) is 29.6 Å². The fourth-order valence-electron chi connectivity index (χ4n) is 4.85. The van der Waals surface area contributed by atoms with E-state index in [4.69, 9.17) is 15.9 Å². The van der Waals surface area contributed by atoms with Crippen molar-refractivity contribution in [1.82, 2.24) is 30.9 Å². The van der Waals surface area contributed by atoms with E-state index in [1.54, 1.807) is 6.20 Å². The molecule has 1 aromatic carbocycles. The van der Waals surface area contributed by atoms with Crippen molar-refractivity contribution in [2.24, 2.45) is 0 Å². The number of hydrogen-bond donors (Lipinski definition) is 10. The molecule has 268 valence electrons. The van der Waals surface area contributed by atoms with Gasteiger partial charge in [-0.25, -0.2) is 18.8 Å². The molecule has 20 heteroatoms. The molecule has 0 aliphatic carbocycles. The van der Waals surface area contributed by atoms with Crippen LogP contribution in [-0.4, -0.2) is 95.1 Å². The lowest BCUT2D eigenvalue weighted by molar-refractivity contribution is -0.144. The van der Waals surface area contributed by atoms with Crippen molar-refractivity contribution < 1.29 is 58.4 Å². The second kappa shape index (κ2) is 17.2. The lowest BCUT2D eigenvalue weighted by Crippen LogP contribution is -2.45. The summed E-state index contributed by atoms with van der Waals surface area (Å²) in [4.78, 5) is 104. The molecule has 0 fully saturated rings. The van der Waals surface area contributed by atoms with E-state index in [1.807, 2.05) is 0 Å². The minimum absolute atomic E-state index is 0.0605. The molecule has 19 nitrogen and oxygen atoms in total. The molecular formula is C30H34FN7O12. The lowest BCUT2D eigenvalue weighted by atomic mass is 10.0. The van der Waals surface area contributed by atoms with Crippen molar-refractivity contribution in [1.29, 1.82) is 0 Å². The van der Waals surface area contributed by atoms with Crippen LogP contribution in [0.15, 0.2) is 29.2 Å². The summed E-state index contributed by atoms with van der Waals surface area (Å²) in [5.74, 6) is -9.86. The number of aromatic amines is 2. The summed E-state index contributed by atoms with van der Waals surface area (Å²) in [5, 5.41) is 43.5. The molecule has 0 saturated heterocycles. The van der Waals surface area contributed by atoms with E-state index in [1.165, 1.54) is 6.07 Å². The van der Waals surface area contributed by atoms with Crippen molar-refractivity contribution >= 4 is 58.6 Å². The number of carboxylic acids is 4. The van der Waals surface area contributed by atoms with Gasteiger partial charge in [-0.2, -0.15) is 4.98 Å². The average molecular weight is 704 g/mol. The zero-order valence-electron chi connectivity index (χ0n) is 26.2. The fourth-order valence-corrected chi connectivity index (χ4v) is 4.85. The number of carbonyl (C=O) groups excluding carboxylic acids is 3. The van der Waals surface area contributed by atoms with Gasteiger partial charge in [0.05, 0.1) is 10.9 Å². The Balaban J connectivity index is 1.53. The number of nitrogens with one attached hydrogen (secondary N) is 5. The predicted octanol–water partition coefficient (Wildman–Crippen LogP) is -0.495. The number of nitrogens with zero attached hydrogens (tertiary/aromatic N) is 1. The van der Waals surface area contributed by atoms with E-state index < -0.39 is 115 Å². The smallest absolute Gasteiger partial charge is 0.326 e. The van der Waals surface area contributed by atoms with Crippen LogP contribution in [0.5, 0.6) is 0 Å². The van der Waals surface area contributed by atoms with Crippen LogP contribution in [-0.2, 0) is 41.6 Å². The van der Waals surface area contributed by atoms with E-state index >= 15 is 0 Å². The SMILES string of the molecule is Nc1nc2[nH]cc(CCc3ccc(C(=O)N[C@@H](CCC(=O)N[C@@H](CCC(=O)N[C@@H](CCC(=O)O)C(=O)O)C(=O)O)C(=O)O)c(F)c3)c2c(=O)[nH]1. The number of aryl methyl sites for hydroxylation is 2. The van der Waals surface area contributed by atoms with Crippen molar-refractivity contribution in [2.75, 3.05) is 5.73 Å². The van der Waals surface area contributed by atoms with E-state index in [0.29, 0.717) is 22.9 Å². The maximum absolute atomic E-state index is 14.9. The van der Waals surface area contributed by atoms with E-state index in [-0.39, 0.29) is 18.0 Å². The van der Waals surface area contributed by atoms with Crippen molar-refractivity contribution in [2.45, 2.75) is 69.5 Å². The highest BCUT2D eigenvalue weighted by Gasteiger charge is 2.27. The Morgan fingerprint density at radius 2 is 1.34 bits per heavy atom. The second-order valence-electron chi connectivity index (χ2n) is 11.1. The lowest BCUT2D eigenvalue weighted by Gasteiger charge is -2.18. The summed E-state index contributed by atoms with van der Waals surface area (Å²) >= 11 is 0. The van der Waals surface area contributed by atoms with Gasteiger partial charge in [0.25, 0.3) is 11.5 Å². The molecule has 3 rings (SSSR count). The molecule has 0 unspecified atom stereocenters. The summed E-state index contributed by atoms with van der Waals surface area (Å²) in [7, 11) is 0. The number of nitrogens with two attached hydrogens (primary N) is 1. The number of hydrogen-bond acceptors (Lipinski definition) is 10. The highest BCUT2D eigenvalue weighted by molar-refractivity contribution is 5.97. The molecule has 11 N–H and O–H groups in total. The molecule has 3 amide bonds. The van der Waals surface area contributed by atoms with Gasteiger partial charge in [0.2, 0.25) is 17.8 Å². The standard InChI is InChI=1S/C30H34FN7O12/c31-16-11-13(1-3-14-12-33-24-23(14)26(44)38-30(32)37-24)2-4-15(16)25(43)36-19(29(49)50)6-9-21(40)34-17(27(45)46)5-8-20(39)35-18(28(47)48)7-10-22(41)42/h2,4,11-12,17-19H,1,3,5-10H2,(H,34,40)(H,35,39)(H,36,43)(H,41,42)(H,45,46)(H,47,48)(H,49,50)(H4,32,33,37,38,44)/t17-,18-,19-/m0/s1. The molecule has 0 bridgehead atoms. The normalized spacial score (nSPS) is 12.7. The number of rotatable bonds is 19. The predicted molar refractivity (Wildman–Crippen MR) is 168 cm³/mol. The van der Waals surface area contributed by atoms with Gasteiger partial charge < -0.3 is 47.1 Å². The van der Waals surface area contributed by atoms with Gasteiger partial charge in [-0.3, -0.25) is 29.0 Å². The van der Waals surface area contributed by atoms with Crippen LogP contribution in [0.2, 0.25) is 0 Å². The van der Waals surface area contributed by atoms with Crippen LogP contribution in [0.3, 0.4) is 0 Å². The number of fused-ring (bicyclic) bond motifs is 1. The van der Waals surface area contributed by atoms with Crippen LogP contribution in [0.4, 0.5) is 10.3 Å². The molecular weight excluding hydrogens is 669 g/mol. The van der Waals surface area contributed by atoms with Crippen LogP contribution in [0.1, 0.15) is 60.0 Å². The largest absolute Gasteiger partial charge is 0.481 e. The monoisotopic (exact) mass is 703 g/mol. The zero-order valence-corrected chi connectivity index (χ0v) is 26.2. The van der Waals surface area contributed by atoms with Crippen LogP contribution < -0.4 is 27.2 Å². The third-order valence-electron chi connectivity index (χ3n) is 7.44. The number of halogens is 1. The van der Waals surface area contributed by atoms with Crippen molar-refractivity contribution in [3.8, 4) is 0 Å². The van der Waals surface area contributed by atoms with Crippen LogP contribution in [0, 0.1) is 5.82 Å². The summed E-state index contributed by atoms with van der Waals surface area (Å²) in [5.41, 5.74) is 5.96. The third kappa shape index (κ3) is 10.9. The van der Waals surface area contributed by atoms with E-state index in [2.05, 4.69) is 30.9 Å². The first kappa shape index (κ1) is 38.1. The van der Waals surface area contributed by atoms with Crippen molar-refractivity contribution in [3.63, 3.8) is 0 Å². The molecule has 3 aromatic rings. The molecule has 0 aliphatic heterocycles. The van der Waals surface area contributed by atoms with Gasteiger partial charge in [0.15, 0.2) is 0 Å². The number of H-pyrrole nitrogens is 2. The number of aromatic nitrogens is 3. The van der Waals surface area contributed by atoms with Gasteiger partial charge >= 0.3 is 23.9 Å². The Labute approximate surface area is 280 Å². The minimum Gasteiger partial charge on any atom is -0.481 e. The number of anilines is 1. The maximum Gasteiger partial charge on any atom is 0.326 e. The van der Waals surface area contributed by atoms with Crippen molar-refractivity contribution in [3.05, 3.63) is 57.3 Å². The number of aliphatic carboxylic acids is 4. The molecule has 0 radical (unpaired) electrons. The fraction of sp³-hybridized carbons (Fsp3) is 0.367. The summed E-state index contributed by atoms with van der Waals surface area (Å²) < 4.78 is 14.9. The number of amides is 3. The number of benzene rings is 1. The Hall–Kier alpha value is -6.34. The summed E-state index contributed by atoms with van der Waals surface area (Å²) in [6, 6.07) is -1.17. The first-order valence-electron chi connectivity index (χ1n) is 15.0. The first-order valence-corrected chi connectivity index (χ1v) is 15.0. The topological polar surface area (TPSA) is 324 Å². The quantitative estimate of drug-likeness (QED) is 0.0753. The Morgan fingerprint density at radius 3 is 1.86 bits per heavy atom. The highest BCUT2D eigenvalue weighted by Crippen LogP contribution is 2.18. The summed E-state index contributed by atoms with van der Waals surface area (Å²) in [6.07, 6.45) is -0.973. The Kier molecular flexibility index (Phi) is 13.1. The highest BCUT2D eigenvalue weighted by atomic mass is 19.1. The Bertz CT molecular complexity index is 1860. The molecule has 50 heavy (non-hydrogen) atoms.